The average Bonchev–Trinajstić information content (AvgIpc) is 3.28. The number of esters is 2. The molecule has 0 rings (SSSR count). The van der Waals surface area contributed by atoms with Crippen LogP contribution in [-0.2, 0) is 19.1 Å². The van der Waals surface area contributed by atoms with E-state index in [0.29, 0.717) is 12.8 Å². The smallest absolute Gasteiger partial charge is 0.306 e. The lowest BCUT2D eigenvalue weighted by Gasteiger charge is -2.15. The molecule has 0 aliphatic rings. The van der Waals surface area contributed by atoms with Crippen LogP contribution >= 0.6 is 0 Å². The van der Waals surface area contributed by atoms with E-state index in [-0.39, 0.29) is 25.6 Å². The van der Waals surface area contributed by atoms with Crippen molar-refractivity contribution < 1.29 is 24.2 Å². The highest BCUT2D eigenvalue weighted by molar-refractivity contribution is 5.70. The highest BCUT2D eigenvalue weighted by Gasteiger charge is 2.15. The lowest BCUT2D eigenvalue weighted by Crippen LogP contribution is -2.28. The van der Waals surface area contributed by atoms with Crippen molar-refractivity contribution in [1.82, 2.24) is 0 Å². The lowest BCUT2D eigenvalue weighted by molar-refractivity contribution is -0.161. The molecule has 0 radical (unpaired) electrons. The molecule has 0 fully saturated rings. The van der Waals surface area contributed by atoms with Gasteiger partial charge in [0.25, 0.3) is 0 Å². The van der Waals surface area contributed by atoms with Crippen molar-refractivity contribution in [3.05, 3.63) is 85.1 Å². The lowest BCUT2D eigenvalue weighted by atomic mass is 10.0. The second-order valence-electron chi connectivity index (χ2n) is 17.2. The third-order valence-electron chi connectivity index (χ3n) is 11.2. The predicted octanol–water partition coefficient (Wildman–Crippen LogP) is 17.4. The molecule has 0 heterocycles. The van der Waals surface area contributed by atoms with Gasteiger partial charge < -0.3 is 14.6 Å². The monoisotopic (exact) mass is 863 g/mol. The van der Waals surface area contributed by atoms with E-state index in [4.69, 9.17) is 9.47 Å². The minimum atomic E-state index is -0.816. The summed E-state index contributed by atoms with van der Waals surface area (Å²) in [6.45, 7) is 3.98. The number of carbonyl (C=O) groups excluding carboxylic acids is 2. The van der Waals surface area contributed by atoms with Gasteiger partial charge in [-0.15, -0.1) is 0 Å². The van der Waals surface area contributed by atoms with Crippen LogP contribution in [0.1, 0.15) is 245 Å². The number of unbranched alkanes of at least 4 members (excludes halogenated alkanes) is 25. The molecule has 0 aromatic carbocycles. The summed E-state index contributed by atoms with van der Waals surface area (Å²) in [6.07, 6.45) is 72.8. The minimum absolute atomic E-state index is 0.0985. The third-order valence-corrected chi connectivity index (χ3v) is 11.2. The van der Waals surface area contributed by atoms with Crippen LogP contribution in [0.3, 0.4) is 0 Å². The third kappa shape index (κ3) is 49.7. The van der Waals surface area contributed by atoms with Gasteiger partial charge in [0.2, 0.25) is 0 Å². The normalized spacial score (nSPS) is 12.9. The van der Waals surface area contributed by atoms with Gasteiger partial charge in [-0.25, -0.2) is 0 Å². The molecule has 0 aromatic rings. The number of rotatable bonds is 47. The van der Waals surface area contributed by atoms with Crippen molar-refractivity contribution in [2.75, 3.05) is 13.2 Å². The SMILES string of the molecule is CC/C=C\C/C=C\C/C=C\C/C=C\C/C=C\C/C=C\CCC(=O)OC(CO)COC(=O)CCCCCCCCCCCCCCCCCCC/C=C\CCCCCCCCCC. The molecule has 0 aliphatic carbocycles. The summed E-state index contributed by atoms with van der Waals surface area (Å²) in [5, 5.41) is 9.61. The van der Waals surface area contributed by atoms with Gasteiger partial charge in [0.05, 0.1) is 6.61 Å². The first-order valence-corrected chi connectivity index (χ1v) is 26.1. The fourth-order valence-corrected chi connectivity index (χ4v) is 7.28. The van der Waals surface area contributed by atoms with E-state index in [0.717, 1.165) is 57.8 Å². The van der Waals surface area contributed by atoms with Crippen LogP contribution in [0.15, 0.2) is 85.1 Å². The summed E-state index contributed by atoms with van der Waals surface area (Å²) in [5.41, 5.74) is 0. The summed E-state index contributed by atoms with van der Waals surface area (Å²) < 4.78 is 10.6. The van der Waals surface area contributed by atoms with Crippen LogP contribution in [0, 0.1) is 0 Å². The molecule has 0 saturated carbocycles. The number of ether oxygens (including phenoxy) is 2. The molecule has 5 heteroatoms. The van der Waals surface area contributed by atoms with Crippen molar-refractivity contribution in [2.24, 2.45) is 0 Å². The Labute approximate surface area is 384 Å². The predicted molar refractivity (Wildman–Crippen MR) is 269 cm³/mol. The molecule has 62 heavy (non-hydrogen) atoms. The van der Waals surface area contributed by atoms with Crippen LogP contribution < -0.4 is 0 Å². The van der Waals surface area contributed by atoms with Crippen molar-refractivity contribution in [1.29, 1.82) is 0 Å². The van der Waals surface area contributed by atoms with Gasteiger partial charge in [-0.3, -0.25) is 9.59 Å². The maximum Gasteiger partial charge on any atom is 0.306 e. The number of carbonyl (C=O) groups is 2. The van der Waals surface area contributed by atoms with Crippen LogP contribution in [0.25, 0.3) is 0 Å². The van der Waals surface area contributed by atoms with Crippen LogP contribution in [0.5, 0.6) is 0 Å². The first-order chi connectivity index (χ1) is 30.6. The molecule has 356 valence electrons. The average molecular weight is 863 g/mol. The fourth-order valence-electron chi connectivity index (χ4n) is 7.28. The number of allylic oxidation sites excluding steroid dienone is 14. The molecule has 0 aliphatic heterocycles. The summed E-state index contributed by atoms with van der Waals surface area (Å²) in [6, 6.07) is 0. The van der Waals surface area contributed by atoms with Gasteiger partial charge in [-0.2, -0.15) is 0 Å². The topological polar surface area (TPSA) is 72.8 Å². The van der Waals surface area contributed by atoms with Gasteiger partial charge in [0.1, 0.15) is 6.61 Å². The molecule has 5 nitrogen and oxygen atoms in total. The van der Waals surface area contributed by atoms with E-state index in [1.807, 2.05) is 12.2 Å². The van der Waals surface area contributed by atoms with E-state index < -0.39 is 12.1 Å². The van der Waals surface area contributed by atoms with E-state index >= 15 is 0 Å². The Morgan fingerprint density at radius 3 is 1.11 bits per heavy atom. The van der Waals surface area contributed by atoms with Crippen molar-refractivity contribution >= 4 is 11.9 Å². The summed E-state index contributed by atoms with van der Waals surface area (Å²) in [7, 11) is 0. The number of hydrogen-bond acceptors (Lipinski definition) is 5. The molecular weight excluding hydrogens is 765 g/mol. The largest absolute Gasteiger partial charge is 0.462 e. The Bertz CT molecular complexity index is 1160. The molecule has 1 unspecified atom stereocenters. The molecule has 0 aromatic heterocycles. The zero-order valence-corrected chi connectivity index (χ0v) is 40.6. The highest BCUT2D eigenvalue weighted by atomic mass is 16.6. The second-order valence-corrected chi connectivity index (χ2v) is 17.2. The summed E-state index contributed by atoms with van der Waals surface area (Å²) in [5.74, 6) is -0.686. The quantitative estimate of drug-likeness (QED) is 0.0375. The first kappa shape index (κ1) is 59.1. The van der Waals surface area contributed by atoms with Gasteiger partial charge in [-0.05, 0) is 77.0 Å². The maximum absolute atomic E-state index is 12.2. The Hall–Kier alpha value is -2.92. The Morgan fingerprint density at radius 1 is 0.387 bits per heavy atom. The summed E-state index contributed by atoms with van der Waals surface area (Å²) in [4.78, 5) is 24.4. The summed E-state index contributed by atoms with van der Waals surface area (Å²) >= 11 is 0. The molecule has 0 bridgehead atoms. The first-order valence-electron chi connectivity index (χ1n) is 26.1. The Kier molecular flexibility index (Phi) is 50.0. The fraction of sp³-hybridized carbons (Fsp3) is 0.719. The van der Waals surface area contributed by atoms with Gasteiger partial charge in [0.15, 0.2) is 6.10 Å². The zero-order chi connectivity index (χ0) is 44.9. The van der Waals surface area contributed by atoms with Crippen LogP contribution in [0.2, 0.25) is 0 Å². The standard InChI is InChI=1S/C57H98O5/c1-3-5-7-9-11-13-15-17-19-21-23-24-25-26-27-28-29-30-31-32-34-35-37-39-41-43-45-47-49-51-56(59)61-54-55(53-58)62-57(60)52-50-48-46-44-42-40-38-36-33-22-20-18-16-14-12-10-8-6-4-2/h6,8,12,14,18,20-21,23,33,36,40,42,46,48,55,58H,3-5,7,9-11,13,15-17,19,22,24-32,34-35,37-39,41,43-45,47,49-54H2,1-2H3/b8-6-,14-12-,20-18-,23-21-,36-33-,42-40-,48-46-. The highest BCUT2D eigenvalue weighted by Crippen LogP contribution is 2.16. The second kappa shape index (κ2) is 52.4. The Balaban J connectivity index is 3.54. The van der Waals surface area contributed by atoms with Crippen LogP contribution in [-0.4, -0.2) is 36.4 Å². The minimum Gasteiger partial charge on any atom is -0.462 e. The van der Waals surface area contributed by atoms with Gasteiger partial charge in [-0.1, -0.05) is 240 Å². The van der Waals surface area contributed by atoms with E-state index in [2.05, 4.69) is 86.8 Å². The van der Waals surface area contributed by atoms with Crippen LogP contribution in [0.4, 0.5) is 0 Å². The van der Waals surface area contributed by atoms with Gasteiger partial charge >= 0.3 is 11.9 Å². The van der Waals surface area contributed by atoms with E-state index in [1.54, 1.807) is 0 Å². The molecule has 0 saturated heterocycles. The van der Waals surface area contributed by atoms with E-state index in [9.17, 15) is 14.7 Å². The molecule has 1 atom stereocenters. The van der Waals surface area contributed by atoms with Crippen molar-refractivity contribution in [3.8, 4) is 0 Å². The number of hydrogen-bond donors (Lipinski definition) is 1. The van der Waals surface area contributed by atoms with Crippen molar-refractivity contribution in [3.63, 3.8) is 0 Å². The number of aliphatic hydroxyl groups excluding tert-OH is 1. The molecule has 1 N–H and O–H groups in total. The molecule has 0 amide bonds. The van der Waals surface area contributed by atoms with Gasteiger partial charge in [0, 0.05) is 12.8 Å². The van der Waals surface area contributed by atoms with Crippen molar-refractivity contribution in [2.45, 2.75) is 251 Å². The van der Waals surface area contributed by atoms with E-state index in [1.165, 1.54) is 154 Å². The number of aliphatic hydroxyl groups is 1. The maximum atomic E-state index is 12.2. The molecule has 0 spiro atoms. The molecular formula is C57H98O5. The Morgan fingerprint density at radius 2 is 0.726 bits per heavy atom. The zero-order valence-electron chi connectivity index (χ0n) is 40.6.